The Morgan fingerprint density at radius 3 is 2.44 bits per heavy atom. The van der Waals surface area contributed by atoms with Gasteiger partial charge in [-0.05, 0) is 39.3 Å². The van der Waals surface area contributed by atoms with Gasteiger partial charge in [-0.15, -0.1) is 0 Å². The van der Waals surface area contributed by atoms with Crippen LogP contribution in [0.15, 0.2) is 12.4 Å². The van der Waals surface area contributed by atoms with Crippen molar-refractivity contribution in [1.29, 1.82) is 5.41 Å². The van der Waals surface area contributed by atoms with Crippen LogP contribution < -0.4 is 5.73 Å². The summed E-state index contributed by atoms with van der Waals surface area (Å²) < 4.78 is 1.88. The maximum absolute atomic E-state index is 7.72. The Balaban J connectivity index is 2.77. The topological polar surface area (TPSA) is 80.6 Å². The highest BCUT2D eigenvalue weighted by Gasteiger charge is 2.15. The summed E-state index contributed by atoms with van der Waals surface area (Å²) in [5.74, 6) is 0.707. The standard InChI is InChI=1S/C13H17N5/c1-7-5-8(2)17-13(11(7)12(14)15)18-6-16-9(3)10(18)4/h5-6H,1-4H3,(H3,14,15). The highest BCUT2D eigenvalue weighted by Crippen LogP contribution is 2.20. The van der Waals surface area contributed by atoms with Crippen LogP contribution in [0.25, 0.3) is 5.82 Å². The van der Waals surface area contributed by atoms with Gasteiger partial charge in [0.2, 0.25) is 0 Å². The molecule has 2 heterocycles. The van der Waals surface area contributed by atoms with E-state index in [9.17, 15) is 0 Å². The van der Waals surface area contributed by atoms with Gasteiger partial charge in [-0.2, -0.15) is 0 Å². The van der Waals surface area contributed by atoms with Crippen LogP contribution in [0, 0.1) is 33.1 Å². The fourth-order valence-corrected chi connectivity index (χ4v) is 2.04. The molecular weight excluding hydrogens is 226 g/mol. The summed E-state index contributed by atoms with van der Waals surface area (Å²) in [7, 11) is 0. The number of hydrogen-bond donors (Lipinski definition) is 2. The first-order chi connectivity index (χ1) is 8.41. The molecule has 2 aromatic rings. The summed E-state index contributed by atoms with van der Waals surface area (Å²) in [6, 6.07) is 1.93. The smallest absolute Gasteiger partial charge is 0.149 e. The number of nitrogen functional groups attached to an aromatic ring is 1. The van der Waals surface area contributed by atoms with Gasteiger partial charge in [0.1, 0.15) is 18.0 Å². The second kappa shape index (κ2) is 4.25. The van der Waals surface area contributed by atoms with Gasteiger partial charge in [0.05, 0.1) is 11.3 Å². The van der Waals surface area contributed by atoms with Crippen molar-refractivity contribution >= 4 is 5.84 Å². The van der Waals surface area contributed by atoms with Crippen molar-refractivity contribution < 1.29 is 0 Å². The molecule has 5 nitrogen and oxygen atoms in total. The Bertz CT molecular complexity index is 625. The zero-order valence-corrected chi connectivity index (χ0v) is 11.1. The van der Waals surface area contributed by atoms with E-state index >= 15 is 0 Å². The molecule has 2 aromatic heterocycles. The Hall–Kier alpha value is -2.17. The van der Waals surface area contributed by atoms with Gasteiger partial charge >= 0.3 is 0 Å². The molecule has 0 amide bonds. The van der Waals surface area contributed by atoms with Crippen LogP contribution in [0.1, 0.15) is 28.2 Å². The monoisotopic (exact) mass is 243 g/mol. The Labute approximate surface area is 106 Å². The maximum Gasteiger partial charge on any atom is 0.149 e. The van der Waals surface area contributed by atoms with E-state index < -0.39 is 0 Å². The molecule has 0 saturated heterocycles. The summed E-state index contributed by atoms with van der Waals surface area (Å²) in [5, 5.41) is 7.72. The minimum Gasteiger partial charge on any atom is -0.384 e. The molecule has 0 atom stereocenters. The van der Waals surface area contributed by atoms with Crippen LogP contribution in [0.5, 0.6) is 0 Å². The number of nitrogens with one attached hydrogen (secondary N) is 1. The molecule has 2 rings (SSSR count). The molecule has 0 aliphatic carbocycles. The van der Waals surface area contributed by atoms with E-state index in [0.717, 1.165) is 22.6 Å². The number of rotatable bonds is 2. The largest absolute Gasteiger partial charge is 0.384 e. The number of nitrogens with zero attached hydrogens (tertiary/aromatic N) is 3. The van der Waals surface area contributed by atoms with Gasteiger partial charge in [-0.1, -0.05) is 0 Å². The van der Waals surface area contributed by atoms with Crippen LogP contribution in [-0.4, -0.2) is 20.4 Å². The van der Waals surface area contributed by atoms with Crippen molar-refractivity contribution in [1.82, 2.24) is 14.5 Å². The van der Waals surface area contributed by atoms with Crippen molar-refractivity contribution in [3.63, 3.8) is 0 Å². The van der Waals surface area contributed by atoms with E-state index in [1.807, 2.05) is 38.3 Å². The maximum atomic E-state index is 7.72. The number of aromatic nitrogens is 3. The van der Waals surface area contributed by atoms with E-state index in [1.54, 1.807) is 6.33 Å². The van der Waals surface area contributed by atoms with Crippen molar-refractivity contribution in [2.24, 2.45) is 5.73 Å². The zero-order valence-electron chi connectivity index (χ0n) is 11.1. The Morgan fingerprint density at radius 1 is 1.28 bits per heavy atom. The third kappa shape index (κ3) is 1.88. The number of amidine groups is 1. The van der Waals surface area contributed by atoms with E-state index in [0.29, 0.717) is 11.4 Å². The van der Waals surface area contributed by atoms with E-state index in [1.165, 1.54) is 0 Å². The fraction of sp³-hybridized carbons (Fsp3) is 0.308. The Kier molecular flexibility index (Phi) is 2.90. The molecule has 0 aliphatic heterocycles. The summed E-state index contributed by atoms with van der Waals surface area (Å²) in [5.41, 5.74) is 10.2. The van der Waals surface area contributed by atoms with Crippen LogP contribution in [-0.2, 0) is 0 Å². The molecule has 0 aromatic carbocycles. The molecule has 0 radical (unpaired) electrons. The average molecular weight is 243 g/mol. The highest BCUT2D eigenvalue weighted by molar-refractivity contribution is 5.99. The predicted molar refractivity (Wildman–Crippen MR) is 71.3 cm³/mol. The molecule has 94 valence electrons. The van der Waals surface area contributed by atoms with Gasteiger partial charge in [0, 0.05) is 11.4 Å². The van der Waals surface area contributed by atoms with E-state index in [-0.39, 0.29) is 5.84 Å². The van der Waals surface area contributed by atoms with Crippen LogP contribution in [0.3, 0.4) is 0 Å². The van der Waals surface area contributed by atoms with Gasteiger partial charge in [0.25, 0.3) is 0 Å². The van der Waals surface area contributed by atoms with Crippen molar-refractivity contribution in [2.45, 2.75) is 27.7 Å². The zero-order chi connectivity index (χ0) is 13.4. The lowest BCUT2D eigenvalue weighted by Crippen LogP contribution is -2.18. The first-order valence-electron chi connectivity index (χ1n) is 5.75. The molecule has 5 heteroatoms. The number of imidazole rings is 1. The van der Waals surface area contributed by atoms with Gasteiger partial charge in [-0.3, -0.25) is 9.98 Å². The molecular formula is C13H17N5. The fourth-order valence-electron chi connectivity index (χ4n) is 2.04. The first-order valence-corrected chi connectivity index (χ1v) is 5.75. The molecule has 18 heavy (non-hydrogen) atoms. The van der Waals surface area contributed by atoms with Crippen LogP contribution in [0.4, 0.5) is 0 Å². The number of pyridine rings is 1. The second-order valence-corrected chi connectivity index (χ2v) is 4.48. The SMILES string of the molecule is Cc1cc(C)c(C(=N)N)c(-n2cnc(C)c2C)n1. The number of hydrogen-bond acceptors (Lipinski definition) is 3. The number of nitrogens with two attached hydrogens (primary N) is 1. The lowest BCUT2D eigenvalue weighted by molar-refractivity contribution is 0.928. The molecule has 0 spiro atoms. The summed E-state index contributed by atoms with van der Waals surface area (Å²) >= 11 is 0. The highest BCUT2D eigenvalue weighted by atomic mass is 15.1. The normalized spacial score (nSPS) is 10.7. The van der Waals surface area contributed by atoms with Gasteiger partial charge in [-0.25, -0.2) is 9.97 Å². The third-order valence-electron chi connectivity index (χ3n) is 3.07. The molecule has 0 saturated carbocycles. The van der Waals surface area contributed by atoms with Gasteiger partial charge in [0.15, 0.2) is 0 Å². The Morgan fingerprint density at radius 2 is 1.94 bits per heavy atom. The molecule has 0 fully saturated rings. The third-order valence-corrected chi connectivity index (χ3v) is 3.07. The predicted octanol–water partition coefficient (Wildman–Crippen LogP) is 1.79. The van der Waals surface area contributed by atoms with Gasteiger partial charge < -0.3 is 5.73 Å². The molecule has 0 unspecified atom stereocenters. The summed E-state index contributed by atoms with van der Waals surface area (Å²) in [6.45, 7) is 7.79. The minimum atomic E-state index is 0.0285. The summed E-state index contributed by atoms with van der Waals surface area (Å²) in [6.07, 6.45) is 1.72. The van der Waals surface area contributed by atoms with Crippen molar-refractivity contribution in [2.75, 3.05) is 0 Å². The van der Waals surface area contributed by atoms with Crippen molar-refractivity contribution in [3.8, 4) is 5.82 Å². The quantitative estimate of drug-likeness (QED) is 0.623. The second-order valence-electron chi connectivity index (χ2n) is 4.48. The molecule has 0 aliphatic rings. The first kappa shape index (κ1) is 12.3. The average Bonchev–Trinajstić information content (AvgIpc) is 2.57. The van der Waals surface area contributed by atoms with Crippen molar-refractivity contribution in [3.05, 3.63) is 40.6 Å². The van der Waals surface area contributed by atoms with E-state index in [4.69, 9.17) is 11.1 Å². The molecule has 3 N–H and O–H groups in total. The minimum absolute atomic E-state index is 0.0285. The summed E-state index contributed by atoms with van der Waals surface area (Å²) in [4.78, 5) is 8.77. The number of aryl methyl sites for hydroxylation is 3. The van der Waals surface area contributed by atoms with Crippen LogP contribution in [0.2, 0.25) is 0 Å². The van der Waals surface area contributed by atoms with Crippen LogP contribution >= 0.6 is 0 Å². The van der Waals surface area contributed by atoms with E-state index in [2.05, 4.69) is 9.97 Å². The lowest BCUT2D eigenvalue weighted by Gasteiger charge is -2.13. The lowest BCUT2D eigenvalue weighted by atomic mass is 10.1. The molecule has 0 bridgehead atoms.